The average molecular weight is 563 g/mol. The number of quaternary nitrogens is 1. The van der Waals surface area contributed by atoms with Gasteiger partial charge in [-0.3, -0.25) is 9.59 Å². The van der Waals surface area contributed by atoms with Crippen molar-refractivity contribution >= 4 is 29.3 Å². The van der Waals surface area contributed by atoms with E-state index in [2.05, 4.69) is 29.2 Å². The predicted octanol–water partition coefficient (Wildman–Crippen LogP) is 5.07. The lowest BCUT2D eigenvalue weighted by Crippen LogP contribution is -3.13. The van der Waals surface area contributed by atoms with Gasteiger partial charge in [-0.05, 0) is 55.5 Å². The lowest BCUT2D eigenvalue weighted by molar-refractivity contribution is -0.917. The third-order valence-electron chi connectivity index (χ3n) is 7.42. The number of piperazine rings is 1. The molecule has 2 aliphatic heterocycles. The second kappa shape index (κ2) is 12.0. The molecule has 206 valence electrons. The number of thioether (sulfide) groups is 1. The molecule has 2 amide bonds. The van der Waals surface area contributed by atoms with Crippen molar-refractivity contribution in [1.29, 1.82) is 0 Å². The van der Waals surface area contributed by atoms with Crippen LogP contribution in [-0.4, -0.2) is 42.9 Å². The molecule has 0 unspecified atom stereocenters. The van der Waals surface area contributed by atoms with E-state index in [-0.39, 0.29) is 11.8 Å². The van der Waals surface area contributed by atoms with Crippen LogP contribution >= 0.6 is 11.8 Å². The van der Waals surface area contributed by atoms with Gasteiger partial charge in [0.15, 0.2) is 0 Å². The van der Waals surface area contributed by atoms with E-state index < -0.39 is 0 Å². The molecule has 0 atom stereocenters. The number of imide groups is 1. The number of aryl methyl sites for hydroxylation is 1. The van der Waals surface area contributed by atoms with Gasteiger partial charge in [0.2, 0.25) is 0 Å². The fourth-order valence-electron chi connectivity index (χ4n) is 5.22. The second-order valence-corrected chi connectivity index (χ2v) is 11.4. The Morgan fingerprint density at radius 1 is 0.732 bits per heavy atom. The summed E-state index contributed by atoms with van der Waals surface area (Å²) in [6, 6.07) is 35.2. The molecule has 6 nitrogen and oxygen atoms in total. The number of carbonyl (C=O) groups is 2. The molecule has 41 heavy (non-hydrogen) atoms. The van der Waals surface area contributed by atoms with E-state index in [4.69, 9.17) is 4.74 Å². The largest absolute Gasteiger partial charge is 0.457 e. The Balaban J connectivity index is 1.23. The van der Waals surface area contributed by atoms with Gasteiger partial charge in [-0.15, -0.1) is 0 Å². The molecule has 2 aliphatic rings. The average Bonchev–Trinajstić information content (AvgIpc) is 3.24. The van der Waals surface area contributed by atoms with Gasteiger partial charge in [0.1, 0.15) is 28.6 Å². The van der Waals surface area contributed by atoms with Crippen molar-refractivity contribution in [3.05, 3.63) is 131 Å². The van der Waals surface area contributed by atoms with E-state index in [1.54, 1.807) is 24.3 Å². The van der Waals surface area contributed by atoms with Crippen molar-refractivity contribution in [2.24, 2.45) is 0 Å². The topological polar surface area (TPSA) is 54.3 Å². The van der Waals surface area contributed by atoms with Crippen molar-refractivity contribution in [2.45, 2.75) is 18.4 Å². The third kappa shape index (κ3) is 6.06. The van der Waals surface area contributed by atoms with E-state index in [1.807, 2.05) is 67.6 Å². The molecule has 0 radical (unpaired) electrons. The highest BCUT2D eigenvalue weighted by molar-refractivity contribution is 8.04. The molecule has 0 saturated carbocycles. The maximum absolute atomic E-state index is 14.0. The quantitative estimate of drug-likeness (QED) is 0.304. The van der Waals surface area contributed by atoms with Gasteiger partial charge in [0, 0.05) is 10.5 Å². The van der Waals surface area contributed by atoms with Crippen LogP contribution in [0.3, 0.4) is 0 Å². The van der Waals surface area contributed by atoms with Gasteiger partial charge in [0.25, 0.3) is 11.8 Å². The monoisotopic (exact) mass is 562 g/mol. The van der Waals surface area contributed by atoms with E-state index in [1.165, 1.54) is 27.1 Å². The summed E-state index contributed by atoms with van der Waals surface area (Å²) in [5.74, 6) is 0.807. The van der Waals surface area contributed by atoms with Gasteiger partial charge < -0.3 is 14.5 Å². The molecule has 0 aliphatic carbocycles. The maximum Gasteiger partial charge on any atom is 0.283 e. The van der Waals surface area contributed by atoms with Crippen LogP contribution in [0, 0.1) is 6.92 Å². The van der Waals surface area contributed by atoms with Crippen LogP contribution in [0.1, 0.15) is 11.1 Å². The fraction of sp³-hybridized carbons (Fsp3) is 0.176. The van der Waals surface area contributed by atoms with Gasteiger partial charge in [-0.2, -0.15) is 0 Å². The van der Waals surface area contributed by atoms with Crippen molar-refractivity contribution in [1.82, 2.24) is 4.90 Å². The Bertz CT molecular complexity index is 1550. The highest BCUT2D eigenvalue weighted by Gasteiger charge is 2.43. The summed E-state index contributed by atoms with van der Waals surface area (Å²) >= 11 is 1.37. The van der Waals surface area contributed by atoms with Gasteiger partial charge in [0.05, 0.1) is 31.9 Å². The van der Waals surface area contributed by atoms with Crippen LogP contribution < -0.4 is 14.5 Å². The number of hydrogen-bond acceptors (Lipinski definition) is 5. The number of nitrogens with zero attached hydrogens (tertiary/aromatic N) is 2. The summed E-state index contributed by atoms with van der Waals surface area (Å²) in [4.78, 5) is 34.2. The van der Waals surface area contributed by atoms with Gasteiger partial charge in [-0.1, -0.05) is 78.0 Å². The number of carbonyl (C=O) groups excluding carboxylic acids is 2. The Kier molecular flexibility index (Phi) is 7.89. The minimum absolute atomic E-state index is 0.271. The number of amides is 2. The molecule has 0 bridgehead atoms. The summed E-state index contributed by atoms with van der Waals surface area (Å²) in [5.41, 5.74) is 3.49. The minimum Gasteiger partial charge on any atom is -0.457 e. The Morgan fingerprint density at radius 2 is 1.34 bits per heavy atom. The first kappa shape index (κ1) is 26.9. The summed E-state index contributed by atoms with van der Waals surface area (Å²) in [7, 11) is 0. The van der Waals surface area contributed by atoms with E-state index in [0.717, 1.165) is 35.8 Å². The molecule has 7 heteroatoms. The highest BCUT2D eigenvalue weighted by Crippen LogP contribution is 2.39. The van der Waals surface area contributed by atoms with E-state index in [9.17, 15) is 9.59 Å². The van der Waals surface area contributed by atoms with Crippen molar-refractivity contribution in [3.8, 4) is 11.5 Å². The van der Waals surface area contributed by atoms with Gasteiger partial charge in [-0.25, -0.2) is 4.90 Å². The number of para-hydroxylation sites is 1. The fourth-order valence-corrected chi connectivity index (χ4v) is 6.22. The molecule has 1 N–H and O–H groups in total. The zero-order valence-corrected chi connectivity index (χ0v) is 23.8. The summed E-state index contributed by atoms with van der Waals surface area (Å²) < 4.78 is 5.91. The number of hydrogen-bond donors (Lipinski definition) is 1. The summed E-state index contributed by atoms with van der Waals surface area (Å²) in [5, 5.41) is 0. The standard InChI is InChI=1S/C34H31N3O3S/c1-25-12-18-30(19-13-25)41-32-31(36-22-20-35(21-23-36)24-26-8-4-2-5-9-26)33(38)37(34(32)39)27-14-16-29(17-15-27)40-28-10-6-3-7-11-28/h2-19H,20-24H2,1H3/p+1. The van der Waals surface area contributed by atoms with Crippen LogP contribution in [0.25, 0.3) is 0 Å². The zero-order valence-electron chi connectivity index (χ0n) is 23.0. The maximum atomic E-state index is 14.0. The van der Waals surface area contributed by atoms with Crippen molar-refractivity contribution in [3.63, 3.8) is 0 Å². The number of anilines is 1. The Hall–Kier alpha value is -4.33. The zero-order chi connectivity index (χ0) is 28.2. The molecule has 4 aromatic carbocycles. The molecule has 0 aromatic heterocycles. The first-order chi connectivity index (χ1) is 20.0. The number of rotatable bonds is 8. The van der Waals surface area contributed by atoms with Gasteiger partial charge >= 0.3 is 0 Å². The first-order valence-corrected chi connectivity index (χ1v) is 14.7. The van der Waals surface area contributed by atoms with Crippen molar-refractivity contribution < 1.29 is 19.2 Å². The Labute approximate surface area is 244 Å². The normalized spacial score (nSPS) is 16.0. The highest BCUT2D eigenvalue weighted by atomic mass is 32.2. The Morgan fingerprint density at radius 3 is 2.00 bits per heavy atom. The number of nitrogens with one attached hydrogen (secondary N) is 1. The molecular formula is C34H32N3O3S+. The van der Waals surface area contributed by atoms with E-state index in [0.29, 0.717) is 35.1 Å². The lowest BCUT2D eigenvalue weighted by Gasteiger charge is -2.34. The number of benzene rings is 4. The van der Waals surface area contributed by atoms with Crippen LogP contribution in [0.2, 0.25) is 0 Å². The first-order valence-electron chi connectivity index (χ1n) is 13.9. The van der Waals surface area contributed by atoms with Crippen LogP contribution in [0.5, 0.6) is 11.5 Å². The second-order valence-electron chi connectivity index (χ2n) is 10.3. The third-order valence-corrected chi connectivity index (χ3v) is 8.50. The molecule has 1 fully saturated rings. The molecule has 0 spiro atoms. The minimum atomic E-state index is -0.286. The molecule has 1 saturated heterocycles. The smallest absolute Gasteiger partial charge is 0.283 e. The SMILES string of the molecule is Cc1ccc(SC2=C(N3CC[NH+](Cc4ccccc4)CC3)C(=O)N(c3ccc(Oc4ccccc4)cc3)C2=O)cc1. The summed E-state index contributed by atoms with van der Waals surface area (Å²) in [6.45, 7) is 6.21. The molecule has 6 rings (SSSR count). The van der Waals surface area contributed by atoms with Crippen molar-refractivity contribution in [2.75, 3.05) is 31.1 Å². The van der Waals surface area contributed by atoms with E-state index >= 15 is 0 Å². The van der Waals surface area contributed by atoms with Crippen LogP contribution in [-0.2, 0) is 16.1 Å². The molecule has 2 heterocycles. The van der Waals surface area contributed by atoms with Crippen LogP contribution in [0.4, 0.5) is 5.69 Å². The molecular weight excluding hydrogens is 530 g/mol. The molecule has 4 aromatic rings. The number of ether oxygens (including phenoxy) is 1. The predicted molar refractivity (Wildman–Crippen MR) is 162 cm³/mol. The summed E-state index contributed by atoms with van der Waals surface area (Å²) in [6.07, 6.45) is 0. The lowest BCUT2D eigenvalue weighted by atomic mass is 10.2. The van der Waals surface area contributed by atoms with Crippen LogP contribution in [0.15, 0.2) is 125 Å².